The number of aromatic nitrogens is 1. The summed E-state index contributed by atoms with van der Waals surface area (Å²) in [7, 11) is 0. The van der Waals surface area contributed by atoms with Gasteiger partial charge in [0, 0.05) is 23.7 Å². The summed E-state index contributed by atoms with van der Waals surface area (Å²) in [4.78, 5) is 12.9. The number of amides is 1. The Morgan fingerprint density at radius 3 is 2.96 bits per heavy atom. The molecular weight excluding hydrogens is 338 g/mol. The Labute approximate surface area is 152 Å². The second kappa shape index (κ2) is 6.46. The first-order valence-electron chi connectivity index (χ1n) is 8.87. The summed E-state index contributed by atoms with van der Waals surface area (Å²) in [5.41, 5.74) is 1.22. The van der Waals surface area contributed by atoms with Gasteiger partial charge in [0.25, 0.3) is 0 Å². The third kappa shape index (κ3) is 2.85. The summed E-state index contributed by atoms with van der Waals surface area (Å²) >= 11 is 6.19. The van der Waals surface area contributed by atoms with Crippen LogP contribution in [0.25, 0.3) is 11.3 Å². The molecule has 0 unspecified atom stereocenters. The van der Waals surface area contributed by atoms with E-state index in [9.17, 15) is 4.79 Å². The fourth-order valence-corrected chi connectivity index (χ4v) is 4.56. The zero-order chi connectivity index (χ0) is 17.4. The van der Waals surface area contributed by atoms with Crippen molar-refractivity contribution in [3.05, 3.63) is 41.0 Å². The van der Waals surface area contributed by atoms with Gasteiger partial charge in [0.1, 0.15) is 5.69 Å². The molecule has 0 radical (unpaired) electrons. The van der Waals surface area contributed by atoms with Gasteiger partial charge in [0.2, 0.25) is 5.91 Å². The number of rotatable bonds is 5. The normalized spacial score (nSPS) is 27.6. The molecule has 3 atom stereocenters. The van der Waals surface area contributed by atoms with Gasteiger partial charge in [-0.1, -0.05) is 35.8 Å². The molecular formula is C19H22ClN3O2. The number of fused-ring (bicyclic) bond motifs is 2. The maximum absolute atomic E-state index is 12.9. The topological polar surface area (TPSA) is 67.2 Å². The van der Waals surface area contributed by atoms with Gasteiger partial charge in [-0.2, -0.15) is 0 Å². The molecule has 2 saturated heterocycles. The first-order chi connectivity index (χ1) is 12.1. The van der Waals surface area contributed by atoms with E-state index in [1.807, 2.05) is 30.3 Å². The molecule has 4 rings (SSSR count). The van der Waals surface area contributed by atoms with E-state index in [1.54, 1.807) is 0 Å². The molecule has 1 aromatic carbocycles. The van der Waals surface area contributed by atoms with Gasteiger partial charge in [0.15, 0.2) is 5.76 Å². The molecule has 0 aliphatic carbocycles. The molecule has 0 spiro atoms. The lowest BCUT2D eigenvalue weighted by atomic mass is 9.71. The predicted molar refractivity (Wildman–Crippen MR) is 96.1 cm³/mol. The van der Waals surface area contributed by atoms with E-state index in [-0.39, 0.29) is 11.3 Å². The zero-order valence-electron chi connectivity index (χ0n) is 14.2. The highest BCUT2D eigenvalue weighted by atomic mass is 35.5. The summed E-state index contributed by atoms with van der Waals surface area (Å²) in [6, 6.07) is 10.1. The van der Waals surface area contributed by atoms with E-state index in [2.05, 4.69) is 22.7 Å². The Bertz CT molecular complexity index is 790. The van der Waals surface area contributed by atoms with Crippen LogP contribution in [0.1, 0.15) is 38.3 Å². The van der Waals surface area contributed by atoms with Gasteiger partial charge in [0.05, 0.1) is 17.0 Å². The molecule has 132 valence electrons. The molecule has 1 amide bonds. The van der Waals surface area contributed by atoms with E-state index in [0.717, 1.165) is 24.8 Å². The van der Waals surface area contributed by atoms with Crippen molar-refractivity contribution in [2.45, 2.75) is 51.2 Å². The van der Waals surface area contributed by atoms with E-state index in [1.165, 1.54) is 6.42 Å². The highest BCUT2D eigenvalue weighted by Gasteiger charge is 2.54. The Kier molecular flexibility index (Phi) is 4.29. The van der Waals surface area contributed by atoms with E-state index in [0.29, 0.717) is 35.1 Å². The lowest BCUT2D eigenvalue weighted by molar-refractivity contribution is -0.132. The number of halogens is 1. The van der Waals surface area contributed by atoms with Gasteiger partial charge >= 0.3 is 0 Å². The molecule has 1 aromatic heterocycles. The molecule has 6 heteroatoms. The molecule has 2 fully saturated rings. The molecule has 3 heterocycles. The Morgan fingerprint density at radius 2 is 2.28 bits per heavy atom. The highest BCUT2D eigenvalue weighted by Crippen LogP contribution is 2.45. The molecule has 0 saturated carbocycles. The van der Waals surface area contributed by atoms with Crippen molar-refractivity contribution < 1.29 is 9.32 Å². The van der Waals surface area contributed by atoms with E-state index >= 15 is 0 Å². The van der Waals surface area contributed by atoms with Gasteiger partial charge < -0.3 is 15.2 Å². The summed E-state index contributed by atoms with van der Waals surface area (Å²) in [5.74, 6) is 0.735. The van der Waals surface area contributed by atoms with Gasteiger partial charge in [-0.15, -0.1) is 0 Å². The van der Waals surface area contributed by atoms with Gasteiger partial charge in [-0.05, 0) is 37.8 Å². The van der Waals surface area contributed by atoms with Crippen molar-refractivity contribution in [1.29, 1.82) is 0 Å². The number of carbonyl (C=O) groups excluding carboxylic acids is 1. The summed E-state index contributed by atoms with van der Waals surface area (Å²) in [6.07, 6.45) is 4.07. The average molecular weight is 360 g/mol. The zero-order valence-corrected chi connectivity index (χ0v) is 15.0. The van der Waals surface area contributed by atoms with Crippen LogP contribution < -0.4 is 10.6 Å². The first kappa shape index (κ1) is 16.6. The minimum atomic E-state index is -0.280. The van der Waals surface area contributed by atoms with Crippen molar-refractivity contribution in [1.82, 2.24) is 15.8 Å². The van der Waals surface area contributed by atoms with Crippen LogP contribution in [0.2, 0.25) is 5.02 Å². The van der Waals surface area contributed by atoms with Crippen LogP contribution in [0.15, 0.2) is 34.9 Å². The van der Waals surface area contributed by atoms with Gasteiger partial charge in [-0.3, -0.25) is 4.79 Å². The number of benzene rings is 1. The average Bonchev–Trinajstić information content (AvgIpc) is 3.35. The second-order valence-corrected chi connectivity index (χ2v) is 7.46. The van der Waals surface area contributed by atoms with Crippen molar-refractivity contribution in [3.63, 3.8) is 0 Å². The smallest absolute Gasteiger partial charge is 0.228 e. The Balaban J connectivity index is 1.44. The predicted octanol–water partition coefficient (Wildman–Crippen LogP) is 3.53. The largest absolute Gasteiger partial charge is 0.356 e. The van der Waals surface area contributed by atoms with Crippen LogP contribution >= 0.6 is 11.6 Å². The van der Waals surface area contributed by atoms with Gasteiger partial charge in [-0.25, -0.2) is 0 Å². The SMILES string of the molecule is CC[C@@]1(C(=O)NCc2cc(-c3ccccc3Cl)on2)C[C@@H]2CC[C@H]1N2. The molecule has 2 bridgehead atoms. The maximum Gasteiger partial charge on any atom is 0.228 e. The van der Waals surface area contributed by atoms with E-state index in [4.69, 9.17) is 16.1 Å². The molecule has 2 aliphatic rings. The van der Waals surface area contributed by atoms with Crippen LogP contribution in [0.4, 0.5) is 0 Å². The molecule has 25 heavy (non-hydrogen) atoms. The summed E-state index contributed by atoms with van der Waals surface area (Å²) in [6.45, 7) is 2.47. The third-order valence-electron chi connectivity index (χ3n) is 5.73. The van der Waals surface area contributed by atoms with Crippen molar-refractivity contribution in [2.24, 2.45) is 5.41 Å². The molecule has 2 N–H and O–H groups in total. The fraction of sp³-hybridized carbons (Fsp3) is 0.474. The number of nitrogens with zero attached hydrogens (tertiary/aromatic N) is 1. The first-order valence-corrected chi connectivity index (χ1v) is 9.25. The van der Waals surface area contributed by atoms with Crippen LogP contribution in [0, 0.1) is 5.41 Å². The van der Waals surface area contributed by atoms with Crippen molar-refractivity contribution in [2.75, 3.05) is 0 Å². The Morgan fingerprint density at radius 1 is 1.44 bits per heavy atom. The molecule has 2 aromatic rings. The number of hydrogen-bond acceptors (Lipinski definition) is 4. The molecule has 2 aliphatic heterocycles. The maximum atomic E-state index is 12.9. The lowest BCUT2D eigenvalue weighted by Gasteiger charge is -2.34. The number of carbonyl (C=O) groups is 1. The summed E-state index contributed by atoms with van der Waals surface area (Å²) < 4.78 is 5.39. The number of nitrogens with one attached hydrogen (secondary N) is 2. The third-order valence-corrected chi connectivity index (χ3v) is 6.06. The lowest BCUT2D eigenvalue weighted by Crippen LogP contribution is -2.47. The minimum Gasteiger partial charge on any atom is -0.356 e. The second-order valence-electron chi connectivity index (χ2n) is 7.05. The van der Waals surface area contributed by atoms with Crippen molar-refractivity contribution in [3.8, 4) is 11.3 Å². The van der Waals surface area contributed by atoms with Crippen LogP contribution in [0.5, 0.6) is 0 Å². The monoisotopic (exact) mass is 359 g/mol. The van der Waals surface area contributed by atoms with Crippen LogP contribution in [-0.4, -0.2) is 23.1 Å². The number of hydrogen-bond donors (Lipinski definition) is 2. The van der Waals surface area contributed by atoms with Crippen LogP contribution in [-0.2, 0) is 11.3 Å². The highest BCUT2D eigenvalue weighted by molar-refractivity contribution is 6.33. The quantitative estimate of drug-likeness (QED) is 0.857. The van der Waals surface area contributed by atoms with Crippen molar-refractivity contribution >= 4 is 17.5 Å². The van der Waals surface area contributed by atoms with E-state index < -0.39 is 0 Å². The molecule has 5 nitrogen and oxygen atoms in total. The standard InChI is InChI=1S/C19H22ClN3O2/c1-2-19(10-12-7-8-17(19)22-12)18(24)21-11-13-9-16(25-23-13)14-5-3-4-6-15(14)20/h3-6,9,12,17,22H,2,7-8,10-11H2,1H3,(H,21,24)/t12-,17+,19+/m0/s1. The summed E-state index contributed by atoms with van der Waals surface area (Å²) in [5, 5.41) is 11.3. The van der Waals surface area contributed by atoms with Crippen LogP contribution in [0.3, 0.4) is 0 Å². The minimum absolute atomic E-state index is 0.122. The Hall–Kier alpha value is -1.85. The fourth-order valence-electron chi connectivity index (χ4n) is 4.33.